The maximum atomic E-state index is 15.2. The molecule has 0 amide bonds. The van der Waals surface area contributed by atoms with Gasteiger partial charge in [-0.2, -0.15) is 4.98 Å². The van der Waals surface area contributed by atoms with Crippen LogP contribution in [-0.2, 0) is 0 Å². The molecular formula is C25H17ClF2N4OS. The van der Waals surface area contributed by atoms with Gasteiger partial charge in [-0.1, -0.05) is 53.7 Å². The van der Waals surface area contributed by atoms with Crippen molar-refractivity contribution in [3.05, 3.63) is 106 Å². The van der Waals surface area contributed by atoms with Crippen LogP contribution in [0.15, 0.2) is 77.5 Å². The molecule has 0 saturated carbocycles. The molecule has 3 heterocycles. The van der Waals surface area contributed by atoms with Crippen LogP contribution in [0.25, 0.3) is 5.70 Å². The smallest absolute Gasteiger partial charge is 0.227 e. The lowest BCUT2D eigenvalue weighted by Gasteiger charge is -2.39. The number of rotatable bonds is 3. The second-order valence-corrected chi connectivity index (χ2v) is 9.15. The van der Waals surface area contributed by atoms with Gasteiger partial charge in [-0.25, -0.2) is 13.5 Å². The Morgan fingerprint density at radius 3 is 2.62 bits per heavy atom. The SMILES string of the molecule is CSc1nc2n(n1)[C@@H](c1ccccc1F)C1=C(N2)c2cc(Cl)ccc2O[C@@H]1c1ccc(F)cc1. The molecule has 0 spiro atoms. The summed E-state index contributed by atoms with van der Waals surface area (Å²) in [4.78, 5) is 4.59. The monoisotopic (exact) mass is 494 g/mol. The minimum atomic E-state index is -0.650. The molecule has 0 saturated heterocycles. The standard InChI is InChI=1S/C25H17ClF2N4OS/c1-34-25-30-24-29-21-17-12-14(26)8-11-19(17)33-23(13-6-9-15(27)10-7-13)20(21)22(32(24)31-25)16-4-2-3-5-18(16)28/h2-12,22-23H,1H3,(H,29,30,31)/t22-,23+/m0/s1. The van der Waals surface area contributed by atoms with Crippen LogP contribution >= 0.6 is 23.4 Å². The number of aromatic nitrogens is 3. The summed E-state index contributed by atoms with van der Waals surface area (Å²) in [6.45, 7) is 0. The number of halogens is 3. The van der Waals surface area contributed by atoms with Crippen LogP contribution in [0.3, 0.4) is 0 Å². The summed E-state index contributed by atoms with van der Waals surface area (Å²) in [5, 5.41) is 9.11. The molecule has 34 heavy (non-hydrogen) atoms. The molecule has 4 aromatic rings. The Labute approximate surface area is 203 Å². The highest BCUT2D eigenvalue weighted by Gasteiger charge is 2.42. The zero-order chi connectivity index (χ0) is 23.4. The fraction of sp³-hybridized carbons (Fsp3) is 0.120. The molecule has 6 rings (SSSR count). The Morgan fingerprint density at radius 1 is 1.06 bits per heavy atom. The predicted octanol–water partition coefficient (Wildman–Crippen LogP) is 6.49. The van der Waals surface area contributed by atoms with Gasteiger partial charge in [0, 0.05) is 21.7 Å². The van der Waals surface area contributed by atoms with E-state index in [2.05, 4.69) is 15.4 Å². The number of nitrogens with one attached hydrogen (secondary N) is 1. The fourth-order valence-electron chi connectivity index (χ4n) is 4.48. The van der Waals surface area contributed by atoms with Crippen LogP contribution in [0.4, 0.5) is 14.7 Å². The average molecular weight is 495 g/mol. The van der Waals surface area contributed by atoms with E-state index in [4.69, 9.17) is 16.3 Å². The van der Waals surface area contributed by atoms with Gasteiger partial charge >= 0.3 is 0 Å². The molecule has 2 atom stereocenters. The number of hydrogen-bond acceptors (Lipinski definition) is 5. The molecule has 0 unspecified atom stereocenters. The van der Waals surface area contributed by atoms with Gasteiger partial charge in [0.15, 0.2) is 0 Å². The Morgan fingerprint density at radius 2 is 1.85 bits per heavy atom. The van der Waals surface area contributed by atoms with Crippen LogP contribution in [0.2, 0.25) is 5.02 Å². The third kappa shape index (κ3) is 3.36. The van der Waals surface area contributed by atoms with Crippen molar-refractivity contribution in [1.82, 2.24) is 14.8 Å². The van der Waals surface area contributed by atoms with E-state index < -0.39 is 12.1 Å². The number of benzene rings is 3. The number of fused-ring (bicyclic) bond motifs is 3. The minimum Gasteiger partial charge on any atom is -0.480 e. The van der Waals surface area contributed by atoms with Crippen LogP contribution in [-0.4, -0.2) is 21.0 Å². The summed E-state index contributed by atoms with van der Waals surface area (Å²) >= 11 is 7.73. The van der Waals surface area contributed by atoms with Gasteiger partial charge in [-0.05, 0) is 48.2 Å². The first-order valence-corrected chi connectivity index (χ1v) is 12.1. The average Bonchev–Trinajstić information content (AvgIpc) is 3.26. The molecule has 0 bridgehead atoms. The van der Waals surface area contributed by atoms with Crippen molar-refractivity contribution in [1.29, 1.82) is 0 Å². The largest absolute Gasteiger partial charge is 0.480 e. The van der Waals surface area contributed by atoms with Gasteiger partial charge in [-0.15, -0.1) is 5.10 Å². The molecule has 1 N–H and O–H groups in total. The van der Waals surface area contributed by atoms with Crippen molar-refractivity contribution in [2.45, 2.75) is 17.3 Å². The summed E-state index contributed by atoms with van der Waals surface area (Å²) < 4.78 is 37.1. The third-order valence-corrected chi connectivity index (χ3v) is 6.74. The van der Waals surface area contributed by atoms with E-state index in [1.807, 2.05) is 6.26 Å². The van der Waals surface area contributed by atoms with Crippen LogP contribution in [0.5, 0.6) is 5.75 Å². The lowest BCUT2D eigenvalue weighted by Crippen LogP contribution is -2.32. The number of ether oxygens (including phenoxy) is 1. The van der Waals surface area contributed by atoms with Gasteiger partial charge in [-0.3, -0.25) is 0 Å². The van der Waals surface area contributed by atoms with Crippen molar-refractivity contribution in [3.63, 3.8) is 0 Å². The van der Waals surface area contributed by atoms with Gasteiger partial charge in [0.25, 0.3) is 0 Å². The fourth-order valence-corrected chi connectivity index (χ4v) is 5.00. The van der Waals surface area contributed by atoms with Crippen molar-refractivity contribution < 1.29 is 13.5 Å². The summed E-state index contributed by atoms with van der Waals surface area (Å²) in [6, 6.07) is 17.4. The molecule has 170 valence electrons. The molecule has 5 nitrogen and oxygen atoms in total. The molecule has 2 aliphatic rings. The van der Waals surface area contributed by atoms with E-state index in [0.29, 0.717) is 27.4 Å². The Bertz CT molecular complexity index is 1450. The van der Waals surface area contributed by atoms with Crippen molar-refractivity contribution in [2.75, 3.05) is 11.6 Å². The number of nitrogens with zero attached hydrogens (tertiary/aromatic N) is 3. The third-order valence-electron chi connectivity index (χ3n) is 5.97. The van der Waals surface area contributed by atoms with Crippen molar-refractivity contribution in [2.24, 2.45) is 0 Å². The number of hydrogen-bond donors (Lipinski definition) is 1. The zero-order valence-corrected chi connectivity index (χ0v) is 19.4. The van der Waals surface area contributed by atoms with Crippen LogP contribution < -0.4 is 10.1 Å². The number of anilines is 1. The molecule has 9 heteroatoms. The first-order chi connectivity index (χ1) is 16.5. The molecule has 1 aromatic heterocycles. The topological polar surface area (TPSA) is 52.0 Å². The molecule has 2 aliphatic heterocycles. The summed E-state index contributed by atoms with van der Waals surface area (Å²) in [6.07, 6.45) is 1.25. The highest BCUT2D eigenvalue weighted by atomic mass is 35.5. The highest BCUT2D eigenvalue weighted by molar-refractivity contribution is 7.98. The maximum absolute atomic E-state index is 15.2. The van der Waals surface area contributed by atoms with Crippen molar-refractivity contribution >= 4 is 35.0 Å². The van der Waals surface area contributed by atoms with E-state index in [0.717, 1.165) is 22.4 Å². The van der Waals surface area contributed by atoms with Gasteiger partial charge < -0.3 is 10.1 Å². The number of thioether (sulfide) groups is 1. The molecule has 3 aromatic carbocycles. The normalized spacial score (nSPS) is 18.5. The summed E-state index contributed by atoms with van der Waals surface area (Å²) in [5.74, 6) is 0.372. The quantitative estimate of drug-likeness (QED) is 0.330. The van der Waals surface area contributed by atoms with E-state index in [1.54, 1.807) is 53.2 Å². The lowest BCUT2D eigenvalue weighted by atomic mass is 9.84. The zero-order valence-electron chi connectivity index (χ0n) is 17.8. The molecular weight excluding hydrogens is 478 g/mol. The summed E-state index contributed by atoms with van der Waals surface area (Å²) in [5.41, 5.74) is 3.35. The predicted molar refractivity (Wildman–Crippen MR) is 128 cm³/mol. The van der Waals surface area contributed by atoms with Gasteiger partial charge in [0.2, 0.25) is 11.1 Å². The van der Waals surface area contributed by atoms with E-state index in [-0.39, 0.29) is 11.6 Å². The van der Waals surface area contributed by atoms with E-state index in [9.17, 15) is 4.39 Å². The lowest BCUT2D eigenvalue weighted by molar-refractivity contribution is 0.222. The van der Waals surface area contributed by atoms with Crippen LogP contribution in [0.1, 0.15) is 28.8 Å². The van der Waals surface area contributed by atoms with E-state index >= 15 is 4.39 Å². The van der Waals surface area contributed by atoms with Crippen LogP contribution in [0, 0.1) is 11.6 Å². The van der Waals surface area contributed by atoms with Gasteiger partial charge in [0.05, 0.1) is 5.70 Å². The highest BCUT2D eigenvalue weighted by Crippen LogP contribution is 2.51. The second kappa shape index (κ2) is 8.14. The van der Waals surface area contributed by atoms with Gasteiger partial charge in [0.1, 0.15) is 29.5 Å². The first kappa shape index (κ1) is 21.2. The first-order valence-electron chi connectivity index (χ1n) is 10.5. The minimum absolute atomic E-state index is 0.350. The van der Waals surface area contributed by atoms with Crippen molar-refractivity contribution in [3.8, 4) is 5.75 Å². The molecule has 0 radical (unpaired) electrons. The molecule has 0 aliphatic carbocycles. The van der Waals surface area contributed by atoms with E-state index in [1.165, 1.54) is 30.0 Å². The Hall–Kier alpha value is -3.36. The maximum Gasteiger partial charge on any atom is 0.227 e. The molecule has 0 fully saturated rings. The Kier molecular flexibility index (Phi) is 5.08. The Balaban J connectivity index is 1.66. The summed E-state index contributed by atoms with van der Waals surface area (Å²) in [7, 11) is 0. The second-order valence-electron chi connectivity index (χ2n) is 7.94.